The molecule has 0 saturated heterocycles. The van der Waals surface area contributed by atoms with Crippen LogP contribution in [0.15, 0.2) is 47.7 Å². The van der Waals surface area contributed by atoms with Crippen LogP contribution in [0.4, 0.5) is 14.5 Å². The average Bonchev–Trinajstić information content (AvgIpc) is 3.20. The Morgan fingerprint density at radius 1 is 1.21 bits per heavy atom. The van der Waals surface area contributed by atoms with Gasteiger partial charge in [0.15, 0.2) is 5.78 Å². The molecular weight excluding hydrogens is 364 g/mol. The van der Waals surface area contributed by atoms with Gasteiger partial charge in [0.05, 0.1) is 17.7 Å². The minimum atomic E-state index is -2.60. The van der Waals surface area contributed by atoms with Crippen molar-refractivity contribution in [3.05, 3.63) is 76.9 Å². The van der Waals surface area contributed by atoms with E-state index in [1.807, 2.05) is 0 Å². The lowest BCUT2D eigenvalue weighted by molar-refractivity contribution is 0.0999. The Balaban J connectivity index is 1.77. The Bertz CT molecular complexity index is 1240. The molecule has 0 amide bonds. The second kappa shape index (κ2) is 6.05. The van der Waals surface area contributed by atoms with Crippen LogP contribution >= 0.6 is 0 Å². The lowest BCUT2D eigenvalue weighted by Crippen LogP contribution is -2.37. The zero-order chi connectivity index (χ0) is 21.9. The van der Waals surface area contributed by atoms with Gasteiger partial charge in [0, 0.05) is 27.9 Å². The topological polar surface area (TPSA) is 72.2 Å². The molecule has 3 aromatic rings. The first kappa shape index (κ1) is 13.7. The molecule has 2 aromatic carbocycles. The number of Topliss-reactive ketones (excluding diaryl/α,β-unsaturated/α-hetero) is 1. The van der Waals surface area contributed by atoms with E-state index in [1.165, 1.54) is 18.2 Å². The fraction of sp³-hybridized carbons (Fsp3) is 0.200. The second-order valence-corrected chi connectivity index (χ2v) is 6.68. The molecule has 2 aliphatic rings. The fourth-order valence-corrected chi connectivity index (χ4v) is 3.88. The highest BCUT2D eigenvalue weighted by atomic mass is 19.1. The SMILES string of the molecule is [2H]C([2H])([2H])n1ncnc1[C@@H]1C2=NCC(=O)c3cc(F)cc(c32)N[C@H]1c1ccc(F)cc1. The molecule has 0 spiro atoms. The first-order valence-electron chi connectivity index (χ1n) is 10.1. The molecule has 28 heavy (non-hydrogen) atoms. The van der Waals surface area contributed by atoms with Crippen molar-refractivity contribution < 1.29 is 17.7 Å². The number of benzene rings is 2. The highest BCUT2D eigenvalue weighted by molar-refractivity contribution is 6.21. The number of aliphatic imine (C=N–C) groups is 1. The summed E-state index contributed by atoms with van der Waals surface area (Å²) in [5, 5.41) is 7.06. The number of carbonyl (C=O) groups is 1. The molecule has 140 valence electrons. The summed E-state index contributed by atoms with van der Waals surface area (Å²) < 4.78 is 52.1. The average molecular weight is 382 g/mol. The second-order valence-electron chi connectivity index (χ2n) is 6.68. The Labute approximate surface area is 163 Å². The van der Waals surface area contributed by atoms with Gasteiger partial charge in [-0.05, 0) is 29.8 Å². The van der Waals surface area contributed by atoms with Crippen molar-refractivity contribution in [1.82, 2.24) is 14.8 Å². The van der Waals surface area contributed by atoms with Crippen LogP contribution in [0.1, 0.15) is 43.4 Å². The summed E-state index contributed by atoms with van der Waals surface area (Å²) in [6.07, 6.45) is 1.14. The highest BCUT2D eigenvalue weighted by Gasteiger charge is 2.42. The zero-order valence-corrected chi connectivity index (χ0v) is 14.4. The van der Waals surface area contributed by atoms with Crippen LogP contribution in [0.5, 0.6) is 0 Å². The number of ketones is 1. The number of anilines is 1. The Kier molecular flexibility index (Phi) is 2.96. The third-order valence-corrected chi connectivity index (χ3v) is 5.07. The number of carbonyl (C=O) groups excluding carboxylic acids is 1. The fourth-order valence-electron chi connectivity index (χ4n) is 3.88. The number of aryl methyl sites for hydroxylation is 1. The van der Waals surface area contributed by atoms with E-state index in [2.05, 4.69) is 20.4 Å². The van der Waals surface area contributed by atoms with Gasteiger partial charge in [0.2, 0.25) is 0 Å². The van der Waals surface area contributed by atoms with Crippen LogP contribution in [0.2, 0.25) is 0 Å². The summed E-state index contributed by atoms with van der Waals surface area (Å²) in [6.45, 7) is -2.80. The maximum absolute atomic E-state index is 14.3. The maximum atomic E-state index is 14.3. The van der Waals surface area contributed by atoms with E-state index in [0.717, 1.165) is 17.1 Å². The molecular formula is C20H15F2N5O. The molecule has 5 rings (SSSR count). The molecule has 3 heterocycles. The number of nitrogens with zero attached hydrogens (tertiary/aromatic N) is 4. The molecule has 0 unspecified atom stereocenters. The number of hydrogen-bond donors (Lipinski definition) is 1. The minimum Gasteiger partial charge on any atom is -0.376 e. The van der Waals surface area contributed by atoms with Gasteiger partial charge >= 0.3 is 0 Å². The zero-order valence-electron chi connectivity index (χ0n) is 17.4. The van der Waals surface area contributed by atoms with Gasteiger partial charge in [-0.2, -0.15) is 5.10 Å². The number of aromatic nitrogens is 3. The normalized spacial score (nSPS) is 22.4. The van der Waals surface area contributed by atoms with E-state index in [0.29, 0.717) is 22.5 Å². The molecule has 0 saturated carbocycles. The van der Waals surface area contributed by atoms with Crippen molar-refractivity contribution in [2.45, 2.75) is 12.0 Å². The molecule has 2 atom stereocenters. The van der Waals surface area contributed by atoms with E-state index >= 15 is 0 Å². The summed E-state index contributed by atoms with van der Waals surface area (Å²) in [4.78, 5) is 21.0. The Morgan fingerprint density at radius 3 is 2.82 bits per heavy atom. The van der Waals surface area contributed by atoms with Crippen LogP contribution in [0, 0.1) is 11.6 Å². The highest BCUT2D eigenvalue weighted by Crippen LogP contribution is 2.44. The van der Waals surface area contributed by atoms with E-state index in [4.69, 9.17) is 4.11 Å². The Morgan fingerprint density at radius 2 is 2.04 bits per heavy atom. The number of hydrogen-bond acceptors (Lipinski definition) is 5. The van der Waals surface area contributed by atoms with Crippen LogP contribution < -0.4 is 5.32 Å². The summed E-state index contributed by atoms with van der Waals surface area (Å²) in [5.74, 6) is -2.01. The van der Waals surface area contributed by atoms with Gasteiger partial charge in [0.25, 0.3) is 0 Å². The van der Waals surface area contributed by atoms with Crippen LogP contribution in [-0.2, 0) is 6.98 Å². The van der Waals surface area contributed by atoms with Gasteiger partial charge in [0.1, 0.15) is 30.3 Å². The first-order chi connectivity index (χ1) is 14.7. The third-order valence-electron chi connectivity index (χ3n) is 5.07. The lowest BCUT2D eigenvalue weighted by Gasteiger charge is -2.37. The largest absolute Gasteiger partial charge is 0.376 e. The van der Waals surface area contributed by atoms with Gasteiger partial charge in [-0.3, -0.25) is 14.5 Å². The molecule has 0 fully saturated rings. The molecule has 2 aliphatic heterocycles. The van der Waals surface area contributed by atoms with Crippen molar-refractivity contribution in [3.8, 4) is 0 Å². The predicted octanol–water partition coefficient (Wildman–Crippen LogP) is 3.03. The van der Waals surface area contributed by atoms with Crippen LogP contribution in [0.25, 0.3) is 0 Å². The van der Waals surface area contributed by atoms with E-state index in [-0.39, 0.29) is 23.7 Å². The van der Waals surface area contributed by atoms with Gasteiger partial charge in [-0.15, -0.1) is 0 Å². The van der Waals surface area contributed by atoms with Crippen molar-refractivity contribution in [3.63, 3.8) is 0 Å². The summed E-state index contributed by atoms with van der Waals surface area (Å²) in [5.41, 5.74) is 1.97. The van der Waals surface area contributed by atoms with Crippen molar-refractivity contribution in [2.75, 3.05) is 11.9 Å². The van der Waals surface area contributed by atoms with Gasteiger partial charge in [-0.25, -0.2) is 13.8 Å². The lowest BCUT2D eigenvalue weighted by atomic mass is 9.78. The van der Waals surface area contributed by atoms with E-state index < -0.39 is 30.6 Å². The molecule has 0 aliphatic carbocycles. The number of nitrogens with one attached hydrogen (secondary N) is 1. The first-order valence-corrected chi connectivity index (χ1v) is 8.58. The standard InChI is InChI=1S/C20H15F2N5O/c1-27-20(24-9-25-27)17-18(10-2-4-11(21)5-3-10)26-14-7-12(22)6-13-15(28)8-23-19(17)16(13)14/h2-7,9,17-18,26H,8H2,1H3/t17-,18-/m0/s1/i1D3. The quantitative estimate of drug-likeness (QED) is 0.740. The molecule has 1 aromatic heterocycles. The van der Waals surface area contributed by atoms with Crippen LogP contribution in [-0.4, -0.2) is 32.8 Å². The summed E-state index contributed by atoms with van der Waals surface area (Å²) in [7, 11) is 0. The minimum absolute atomic E-state index is 0.107. The van der Waals surface area contributed by atoms with Crippen LogP contribution in [0.3, 0.4) is 0 Å². The van der Waals surface area contributed by atoms with Gasteiger partial charge in [-0.1, -0.05) is 12.1 Å². The van der Waals surface area contributed by atoms with Gasteiger partial charge < -0.3 is 5.32 Å². The monoisotopic (exact) mass is 382 g/mol. The molecule has 0 radical (unpaired) electrons. The Hall–Kier alpha value is -3.42. The van der Waals surface area contributed by atoms with Crippen molar-refractivity contribution >= 4 is 17.2 Å². The van der Waals surface area contributed by atoms with E-state index in [9.17, 15) is 13.6 Å². The smallest absolute Gasteiger partial charge is 0.185 e. The van der Waals surface area contributed by atoms with E-state index in [1.54, 1.807) is 12.1 Å². The predicted molar refractivity (Wildman–Crippen MR) is 98.6 cm³/mol. The molecule has 6 nitrogen and oxygen atoms in total. The summed E-state index contributed by atoms with van der Waals surface area (Å²) >= 11 is 0. The van der Waals surface area contributed by atoms with Crippen molar-refractivity contribution in [2.24, 2.45) is 12.0 Å². The molecule has 0 bridgehead atoms. The molecule has 1 N–H and O–H groups in total. The molecule has 8 heteroatoms. The summed E-state index contributed by atoms with van der Waals surface area (Å²) in [6, 6.07) is 7.42. The number of halogens is 2. The maximum Gasteiger partial charge on any atom is 0.185 e. The third kappa shape index (κ3) is 2.45. The number of rotatable bonds is 2. The van der Waals surface area contributed by atoms with Crippen molar-refractivity contribution in [1.29, 1.82) is 0 Å².